The van der Waals surface area contributed by atoms with Crippen molar-refractivity contribution in [3.8, 4) is 0 Å². The van der Waals surface area contributed by atoms with Crippen LogP contribution >= 0.6 is 0 Å². The van der Waals surface area contributed by atoms with E-state index in [1.54, 1.807) is 6.92 Å². The fraction of sp³-hybridized carbons (Fsp3) is 0.600. The van der Waals surface area contributed by atoms with Gasteiger partial charge in [0.15, 0.2) is 5.82 Å². The highest BCUT2D eigenvalue weighted by molar-refractivity contribution is 5.78. The molecule has 0 aliphatic heterocycles. The van der Waals surface area contributed by atoms with Crippen LogP contribution in [-0.2, 0) is 4.79 Å². The third-order valence-electron chi connectivity index (χ3n) is 1.31. The summed E-state index contributed by atoms with van der Waals surface area (Å²) in [5.41, 5.74) is 5.10. The molecule has 66 valence electrons. The van der Waals surface area contributed by atoms with Crippen molar-refractivity contribution < 1.29 is 4.79 Å². The summed E-state index contributed by atoms with van der Waals surface area (Å²) in [6.45, 7) is 1.71. The Bertz CT molecular complexity index is 244. The van der Waals surface area contributed by atoms with Crippen molar-refractivity contribution in [2.24, 2.45) is 5.73 Å². The summed E-state index contributed by atoms with van der Waals surface area (Å²) < 4.78 is 0. The van der Waals surface area contributed by atoms with Crippen LogP contribution in [-0.4, -0.2) is 33.1 Å². The highest BCUT2D eigenvalue weighted by Crippen LogP contribution is 2.01. The number of tetrazole rings is 1. The average Bonchev–Trinajstić information content (AvgIpc) is 2.56. The predicted octanol–water partition coefficient (Wildman–Crippen LogP) is -1.66. The summed E-state index contributed by atoms with van der Waals surface area (Å²) in [4.78, 5) is 10.8. The van der Waals surface area contributed by atoms with Crippen molar-refractivity contribution in [3.05, 3.63) is 5.82 Å². The van der Waals surface area contributed by atoms with Crippen LogP contribution in [0, 0.1) is 0 Å². The first-order valence-electron chi connectivity index (χ1n) is 3.47. The summed E-state index contributed by atoms with van der Waals surface area (Å²) in [5.74, 6) is 0.198. The van der Waals surface area contributed by atoms with E-state index in [9.17, 15) is 4.79 Å². The van der Waals surface area contributed by atoms with Gasteiger partial charge in [0.2, 0.25) is 5.91 Å². The molecule has 0 aromatic carbocycles. The molecular formula is C5H10N6O. The number of rotatable bonds is 3. The molecule has 0 saturated carbocycles. The minimum absolute atomic E-state index is 0.0395. The Kier molecular flexibility index (Phi) is 2.70. The first kappa shape index (κ1) is 8.60. The molecule has 0 saturated heterocycles. The molecule has 1 rings (SSSR count). The highest BCUT2D eigenvalue weighted by atomic mass is 16.1. The second kappa shape index (κ2) is 3.77. The van der Waals surface area contributed by atoms with Crippen LogP contribution < -0.4 is 11.1 Å². The lowest BCUT2D eigenvalue weighted by molar-refractivity contribution is -0.120. The Morgan fingerprint density at radius 3 is 3.08 bits per heavy atom. The molecule has 1 aromatic rings. The maximum atomic E-state index is 10.8. The van der Waals surface area contributed by atoms with Gasteiger partial charge in [0.05, 0.1) is 12.6 Å². The number of nitrogens with two attached hydrogens (primary N) is 1. The summed E-state index contributed by atoms with van der Waals surface area (Å²) in [6.07, 6.45) is 0. The summed E-state index contributed by atoms with van der Waals surface area (Å²) in [6, 6.07) is -0.264. The Morgan fingerprint density at radius 1 is 1.83 bits per heavy atom. The summed E-state index contributed by atoms with van der Waals surface area (Å²) >= 11 is 0. The van der Waals surface area contributed by atoms with E-state index in [0.29, 0.717) is 5.82 Å². The monoisotopic (exact) mass is 170 g/mol. The maximum absolute atomic E-state index is 10.8. The van der Waals surface area contributed by atoms with E-state index in [0.717, 1.165) is 0 Å². The number of carbonyl (C=O) groups excluding carboxylic acids is 1. The summed E-state index contributed by atoms with van der Waals surface area (Å²) in [5, 5.41) is 15.6. The molecule has 0 spiro atoms. The van der Waals surface area contributed by atoms with Gasteiger partial charge in [-0.15, -0.1) is 10.2 Å². The molecule has 1 amide bonds. The van der Waals surface area contributed by atoms with E-state index >= 15 is 0 Å². The molecule has 0 fully saturated rings. The first-order valence-corrected chi connectivity index (χ1v) is 3.47. The van der Waals surface area contributed by atoms with Gasteiger partial charge < -0.3 is 11.1 Å². The summed E-state index contributed by atoms with van der Waals surface area (Å²) in [7, 11) is 0. The Labute approximate surface area is 68.7 Å². The number of nitrogens with one attached hydrogen (secondary N) is 2. The van der Waals surface area contributed by atoms with E-state index in [4.69, 9.17) is 5.73 Å². The minimum atomic E-state index is -0.264. The number of hydrogen-bond donors (Lipinski definition) is 3. The molecule has 12 heavy (non-hydrogen) atoms. The number of nitrogens with zero attached hydrogens (tertiary/aromatic N) is 3. The second-order valence-corrected chi connectivity index (χ2v) is 2.26. The zero-order valence-electron chi connectivity index (χ0n) is 6.61. The maximum Gasteiger partial charge on any atom is 0.234 e. The average molecular weight is 170 g/mol. The number of aromatic amines is 1. The van der Waals surface area contributed by atoms with Gasteiger partial charge in [0, 0.05) is 0 Å². The molecule has 0 bridgehead atoms. The van der Waals surface area contributed by atoms with Gasteiger partial charge in [-0.1, -0.05) is 5.21 Å². The standard InChI is InChI=1S/C5H10N6O/c1-3(7-4(12)2-6)5-8-10-11-9-5/h3H,2,6H2,1H3,(H,7,12)(H,8,9,10,11). The first-order chi connectivity index (χ1) is 5.74. The quantitative estimate of drug-likeness (QED) is 0.502. The Morgan fingerprint density at radius 2 is 2.58 bits per heavy atom. The minimum Gasteiger partial charge on any atom is -0.345 e. The van der Waals surface area contributed by atoms with Gasteiger partial charge in [0.25, 0.3) is 0 Å². The fourth-order valence-electron chi connectivity index (χ4n) is 0.718. The van der Waals surface area contributed by atoms with Crippen LogP contribution in [0.1, 0.15) is 18.8 Å². The second-order valence-electron chi connectivity index (χ2n) is 2.26. The van der Waals surface area contributed by atoms with Crippen molar-refractivity contribution in [2.75, 3.05) is 6.54 Å². The van der Waals surface area contributed by atoms with E-state index < -0.39 is 0 Å². The lowest BCUT2D eigenvalue weighted by Gasteiger charge is -2.07. The number of carbonyl (C=O) groups is 1. The van der Waals surface area contributed by atoms with Gasteiger partial charge in [-0.2, -0.15) is 5.21 Å². The van der Waals surface area contributed by atoms with Gasteiger partial charge in [0.1, 0.15) is 0 Å². The molecule has 1 aromatic heterocycles. The van der Waals surface area contributed by atoms with Crippen molar-refractivity contribution in [1.29, 1.82) is 0 Å². The molecule has 1 atom stereocenters. The van der Waals surface area contributed by atoms with Gasteiger partial charge in [-0.25, -0.2) is 0 Å². The van der Waals surface area contributed by atoms with Gasteiger partial charge in [-0.3, -0.25) is 4.79 Å². The van der Waals surface area contributed by atoms with Crippen LogP contribution in [0.15, 0.2) is 0 Å². The lowest BCUT2D eigenvalue weighted by atomic mass is 10.3. The van der Waals surface area contributed by atoms with E-state index in [1.807, 2.05) is 0 Å². The van der Waals surface area contributed by atoms with Crippen LogP contribution in [0.4, 0.5) is 0 Å². The third-order valence-corrected chi connectivity index (χ3v) is 1.31. The SMILES string of the molecule is CC(NC(=O)CN)c1nn[nH]n1. The number of amides is 1. The molecule has 0 aliphatic carbocycles. The molecule has 1 unspecified atom stereocenters. The van der Waals surface area contributed by atoms with Crippen molar-refractivity contribution in [1.82, 2.24) is 25.9 Å². The smallest absolute Gasteiger partial charge is 0.234 e. The predicted molar refractivity (Wildman–Crippen MR) is 39.8 cm³/mol. The van der Waals surface area contributed by atoms with Crippen molar-refractivity contribution in [3.63, 3.8) is 0 Å². The van der Waals surface area contributed by atoms with Crippen LogP contribution in [0.25, 0.3) is 0 Å². The molecule has 7 heteroatoms. The molecule has 0 radical (unpaired) electrons. The third kappa shape index (κ3) is 1.99. The van der Waals surface area contributed by atoms with Crippen LogP contribution in [0.3, 0.4) is 0 Å². The van der Waals surface area contributed by atoms with Crippen LogP contribution in [0.2, 0.25) is 0 Å². The zero-order chi connectivity index (χ0) is 8.97. The van der Waals surface area contributed by atoms with Gasteiger partial charge in [-0.05, 0) is 6.92 Å². The number of H-pyrrole nitrogens is 1. The molecular weight excluding hydrogens is 160 g/mol. The Hall–Kier alpha value is -1.50. The van der Waals surface area contributed by atoms with E-state index in [-0.39, 0.29) is 18.5 Å². The lowest BCUT2D eigenvalue weighted by Crippen LogP contribution is -2.32. The normalized spacial score (nSPS) is 12.5. The Balaban J connectivity index is 2.49. The topological polar surface area (TPSA) is 110 Å². The number of hydrogen-bond acceptors (Lipinski definition) is 5. The molecule has 0 aliphatic rings. The van der Waals surface area contributed by atoms with E-state index in [1.165, 1.54) is 0 Å². The highest BCUT2D eigenvalue weighted by Gasteiger charge is 2.11. The van der Waals surface area contributed by atoms with E-state index in [2.05, 4.69) is 25.9 Å². The zero-order valence-corrected chi connectivity index (χ0v) is 6.61. The fourth-order valence-corrected chi connectivity index (χ4v) is 0.718. The molecule has 7 nitrogen and oxygen atoms in total. The van der Waals surface area contributed by atoms with Gasteiger partial charge >= 0.3 is 0 Å². The number of aromatic nitrogens is 4. The molecule has 4 N–H and O–H groups in total. The van der Waals surface area contributed by atoms with Crippen molar-refractivity contribution >= 4 is 5.91 Å². The van der Waals surface area contributed by atoms with Crippen LogP contribution in [0.5, 0.6) is 0 Å². The largest absolute Gasteiger partial charge is 0.345 e. The molecule has 1 heterocycles. The van der Waals surface area contributed by atoms with Crippen molar-refractivity contribution in [2.45, 2.75) is 13.0 Å².